The second-order valence-corrected chi connectivity index (χ2v) is 3.29. The number of rotatable bonds is 5. The van der Waals surface area contributed by atoms with E-state index in [-0.39, 0.29) is 6.04 Å². The number of aromatic nitrogens is 2. The van der Waals surface area contributed by atoms with E-state index >= 15 is 0 Å². The summed E-state index contributed by atoms with van der Waals surface area (Å²) >= 11 is 0. The zero-order chi connectivity index (χ0) is 10.5. The van der Waals surface area contributed by atoms with E-state index in [0.29, 0.717) is 5.82 Å². The second-order valence-electron chi connectivity index (χ2n) is 3.29. The van der Waals surface area contributed by atoms with E-state index in [1.54, 1.807) is 6.26 Å². The van der Waals surface area contributed by atoms with Gasteiger partial charge in [0.2, 0.25) is 6.39 Å². The van der Waals surface area contributed by atoms with Gasteiger partial charge in [0.05, 0.1) is 12.3 Å². The normalized spacial score (nSPS) is 12.9. The molecule has 0 aliphatic carbocycles. The summed E-state index contributed by atoms with van der Waals surface area (Å²) in [5, 5.41) is 7.03. The van der Waals surface area contributed by atoms with Gasteiger partial charge in [0.15, 0.2) is 5.82 Å². The molecule has 1 atom stereocenters. The van der Waals surface area contributed by atoms with Gasteiger partial charge < -0.3 is 14.3 Å². The first-order chi connectivity index (χ1) is 7.36. The van der Waals surface area contributed by atoms with Gasteiger partial charge >= 0.3 is 0 Å². The first-order valence-corrected chi connectivity index (χ1v) is 4.88. The van der Waals surface area contributed by atoms with Gasteiger partial charge in [0, 0.05) is 13.0 Å². The van der Waals surface area contributed by atoms with Crippen LogP contribution in [0.4, 0.5) is 0 Å². The van der Waals surface area contributed by atoms with Crippen LogP contribution in [0, 0.1) is 0 Å². The van der Waals surface area contributed by atoms with Gasteiger partial charge in [-0.05, 0) is 19.1 Å². The van der Waals surface area contributed by atoms with Crippen molar-refractivity contribution in [2.75, 3.05) is 6.54 Å². The molecule has 5 heteroatoms. The molecule has 0 aromatic carbocycles. The minimum absolute atomic E-state index is 0.201. The lowest BCUT2D eigenvalue weighted by Crippen LogP contribution is -2.21. The Balaban J connectivity index is 1.74. The molecule has 1 unspecified atom stereocenters. The smallest absolute Gasteiger partial charge is 0.213 e. The molecule has 2 aromatic heterocycles. The fourth-order valence-electron chi connectivity index (χ4n) is 1.34. The third kappa shape index (κ3) is 2.66. The summed E-state index contributed by atoms with van der Waals surface area (Å²) in [6, 6.07) is 4.03. The fourth-order valence-corrected chi connectivity index (χ4v) is 1.34. The molecule has 0 fully saturated rings. The number of hydrogen-bond donors (Lipinski definition) is 1. The van der Waals surface area contributed by atoms with E-state index in [2.05, 4.69) is 26.9 Å². The molecular weight excluding hydrogens is 194 g/mol. The number of hydrogen-bond acceptors (Lipinski definition) is 5. The number of nitrogens with one attached hydrogen (secondary N) is 1. The molecule has 0 aliphatic rings. The van der Waals surface area contributed by atoms with Crippen molar-refractivity contribution in [3.63, 3.8) is 0 Å². The van der Waals surface area contributed by atoms with Crippen molar-refractivity contribution in [1.82, 2.24) is 15.5 Å². The second kappa shape index (κ2) is 4.75. The Bertz CT molecular complexity index is 369. The van der Waals surface area contributed by atoms with Gasteiger partial charge in [-0.3, -0.25) is 0 Å². The highest BCUT2D eigenvalue weighted by atomic mass is 16.5. The molecular formula is C10H13N3O2. The topological polar surface area (TPSA) is 64.1 Å². The molecule has 2 aromatic rings. The van der Waals surface area contributed by atoms with Gasteiger partial charge in [0.1, 0.15) is 5.76 Å². The van der Waals surface area contributed by atoms with Crippen LogP contribution in [-0.2, 0) is 6.42 Å². The maximum absolute atomic E-state index is 5.27. The third-order valence-corrected chi connectivity index (χ3v) is 2.18. The van der Waals surface area contributed by atoms with Gasteiger partial charge in [-0.25, -0.2) is 0 Å². The minimum atomic E-state index is 0.201. The van der Waals surface area contributed by atoms with Crippen LogP contribution in [-0.4, -0.2) is 16.7 Å². The average molecular weight is 207 g/mol. The number of nitrogens with zero attached hydrogens (tertiary/aromatic N) is 2. The third-order valence-electron chi connectivity index (χ3n) is 2.18. The van der Waals surface area contributed by atoms with Crippen LogP contribution in [0.2, 0.25) is 0 Å². The van der Waals surface area contributed by atoms with Crippen LogP contribution in [0.5, 0.6) is 0 Å². The van der Waals surface area contributed by atoms with Crippen LogP contribution in [0.15, 0.2) is 33.7 Å². The highest BCUT2D eigenvalue weighted by Gasteiger charge is 2.07. The Morgan fingerprint density at radius 2 is 2.47 bits per heavy atom. The van der Waals surface area contributed by atoms with Crippen LogP contribution in [0.3, 0.4) is 0 Å². The quantitative estimate of drug-likeness (QED) is 0.806. The zero-order valence-electron chi connectivity index (χ0n) is 8.51. The molecule has 0 spiro atoms. The van der Waals surface area contributed by atoms with Crippen LogP contribution >= 0.6 is 0 Å². The predicted octanol–water partition coefficient (Wildman–Crippen LogP) is 1.56. The van der Waals surface area contributed by atoms with Gasteiger partial charge in [-0.1, -0.05) is 5.16 Å². The van der Waals surface area contributed by atoms with Crippen molar-refractivity contribution < 1.29 is 8.94 Å². The molecule has 15 heavy (non-hydrogen) atoms. The summed E-state index contributed by atoms with van der Waals surface area (Å²) in [7, 11) is 0. The lowest BCUT2D eigenvalue weighted by atomic mass is 10.2. The van der Waals surface area contributed by atoms with Crippen molar-refractivity contribution in [2.24, 2.45) is 0 Å². The lowest BCUT2D eigenvalue weighted by Gasteiger charge is -2.09. The fraction of sp³-hybridized carbons (Fsp3) is 0.400. The van der Waals surface area contributed by atoms with Gasteiger partial charge in [0.25, 0.3) is 0 Å². The molecule has 0 saturated heterocycles. The van der Waals surface area contributed by atoms with Crippen LogP contribution < -0.4 is 5.32 Å². The first kappa shape index (κ1) is 9.92. The molecule has 0 saturated carbocycles. The average Bonchev–Trinajstić information content (AvgIpc) is 2.90. The molecule has 0 amide bonds. The Morgan fingerprint density at radius 3 is 3.13 bits per heavy atom. The Kier molecular flexibility index (Phi) is 3.14. The molecule has 80 valence electrons. The van der Waals surface area contributed by atoms with E-state index in [0.717, 1.165) is 18.7 Å². The highest BCUT2D eigenvalue weighted by Crippen LogP contribution is 2.11. The molecule has 5 nitrogen and oxygen atoms in total. The molecule has 1 N–H and O–H groups in total. The van der Waals surface area contributed by atoms with E-state index in [1.807, 2.05) is 12.1 Å². The lowest BCUT2D eigenvalue weighted by molar-refractivity contribution is 0.405. The van der Waals surface area contributed by atoms with E-state index in [9.17, 15) is 0 Å². The van der Waals surface area contributed by atoms with E-state index in [1.165, 1.54) is 6.39 Å². The Labute approximate surface area is 87.5 Å². The maximum atomic E-state index is 5.27. The van der Waals surface area contributed by atoms with Gasteiger partial charge in [-0.15, -0.1) is 0 Å². The summed E-state index contributed by atoms with van der Waals surface area (Å²) in [6.07, 6.45) is 3.76. The number of furan rings is 1. The van der Waals surface area contributed by atoms with Crippen molar-refractivity contribution in [3.8, 4) is 0 Å². The van der Waals surface area contributed by atoms with Crippen molar-refractivity contribution >= 4 is 0 Å². The summed E-state index contributed by atoms with van der Waals surface area (Å²) in [4.78, 5) is 3.93. The van der Waals surface area contributed by atoms with E-state index < -0.39 is 0 Å². The summed E-state index contributed by atoms with van der Waals surface area (Å²) in [6.45, 7) is 2.84. The zero-order valence-corrected chi connectivity index (χ0v) is 8.51. The van der Waals surface area contributed by atoms with Crippen molar-refractivity contribution in [2.45, 2.75) is 19.4 Å². The van der Waals surface area contributed by atoms with Crippen molar-refractivity contribution in [1.29, 1.82) is 0 Å². The predicted molar refractivity (Wildman–Crippen MR) is 53.1 cm³/mol. The monoisotopic (exact) mass is 207 g/mol. The Hall–Kier alpha value is -1.62. The molecule has 0 radical (unpaired) electrons. The van der Waals surface area contributed by atoms with Crippen LogP contribution in [0.25, 0.3) is 0 Å². The maximum Gasteiger partial charge on any atom is 0.213 e. The summed E-state index contributed by atoms with van der Waals surface area (Å²) in [5.74, 6) is 1.65. The first-order valence-electron chi connectivity index (χ1n) is 4.88. The molecule has 0 aliphatic heterocycles. The summed E-state index contributed by atoms with van der Waals surface area (Å²) in [5.41, 5.74) is 0. The molecule has 2 rings (SSSR count). The summed E-state index contributed by atoms with van der Waals surface area (Å²) < 4.78 is 9.91. The highest BCUT2D eigenvalue weighted by molar-refractivity contribution is 5.02. The largest absolute Gasteiger partial charge is 0.468 e. The van der Waals surface area contributed by atoms with Crippen molar-refractivity contribution in [3.05, 3.63) is 36.4 Å². The standard InChI is InChI=1S/C10H13N3O2/c1-8(9-3-2-6-14-9)11-5-4-10-12-7-15-13-10/h2-3,6-8,11H,4-5H2,1H3. The van der Waals surface area contributed by atoms with Gasteiger partial charge in [-0.2, -0.15) is 4.98 Å². The minimum Gasteiger partial charge on any atom is -0.468 e. The van der Waals surface area contributed by atoms with E-state index in [4.69, 9.17) is 4.42 Å². The SMILES string of the molecule is CC(NCCc1ncon1)c1ccco1. The Morgan fingerprint density at radius 1 is 1.53 bits per heavy atom. The molecule has 2 heterocycles. The molecule has 0 bridgehead atoms. The van der Waals surface area contributed by atoms with Crippen LogP contribution in [0.1, 0.15) is 24.6 Å².